The summed E-state index contributed by atoms with van der Waals surface area (Å²) in [5.74, 6) is 0. The molecule has 128 heavy (non-hydrogen) atoms. The van der Waals surface area contributed by atoms with Crippen molar-refractivity contribution in [1.29, 1.82) is 0 Å². The van der Waals surface area contributed by atoms with Gasteiger partial charge < -0.3 is 280 Å². The second kappa shape index (κ2) is 47.0. The Bertz CT molecular complexity index is 3290. The fourth-order valence-electron chi connectivity index (χ4n) is 18.3. The van der Waals surface area contributed by atoms with Gasteiger partial charge in [-0.3, -0.25) is 0 Å². The minimum Gasteiger partial charge on any atom is -0.394 e. The second-order valence-electron chi connectivity index (χ2n) is 35.7. The number of aliphatic hydroxyl groups excluding tert-OH is 17. The SMILES string of the molecule is C[C@H](N)[C@@H]1C[C@@H](O)[C@@H](N)[C@@H](O[C@H]2[C@H](O[C@@H]3O[C@H](CO)[C@@H](OC4O[C@@H](CN)[C@@H](O)[C@H](O)[C@H]4N)[C@H]3O)[C@@H](O)[C@H](N)C[C@@H]2N)O1.C[C@H](N)[C@H]1O[C@H](O[C@H]2[C@H](O[C@@H]3O[C@H](CO)[C@@H](OC4O[C@@H](CN)[C@@H](O)[C@H](O)[C@H]4N)[C@H]3O)[C@@H](O)[C@H](N)C[C@@H]2N)[C@H](N)C[C@@H]1O.NC[C@@H]1OC(O[C@H]2[C@@H](O)[C@H](O[C@@H]3[C@@H](O)[C@H](N)C[C@H](N)[C@H]3O[C@H]3O[C@H]([C@@H]4COCCN4)CC[C@H]3N)O[C@@H]2CO)[C@H](N)[C@@H](O)[C@@H]1O. The van der Waals surface area contributed by atoms with E-state index in [9.17, 15) is 86.8 Å². The standard InChI is InChI=1S/C26H50N6O12.2C24H48N6O12/c27-6-14-18(35)19(36)16(31)25(40-14)43-22-15(7-33)41-26(20(22)37)44-23-17(34)10(29)5-11(30)21(23)42-24-9(28)1-2-13(39-24)12-8-38-4-3-32-12;1-6(26)18-10(32)3-9(29)22(39-18)40-19-8(28)2-7(27)14(33)21(19)42-24-17(36)20(12(5-31)38-24)41-23-13(30)16(35)15(34)11(4-25)37-23;1-6(26)10-3-9(32)13(29)22(37-10)40-19-8(28)2-7(27)15(33)21(19)42-24-18(36)20(12(5-31)39-24)41-23-14(30)17(35)16(34)11(4-25)38-23/h9-26,32-37H,1-8,27-31H2;2*6-24,31-36H,2-5,25-30H2,1H3/t9-,10-,11+,12+,13+,14+,15-,16-,17+,18-,19-,20-,21-,22-,23-,24-,25?,26+;6-,7+,8-,9+,10-,11-,12+,13+,14-,15+,16+,17+,18+,19+,20+,21+,22+,23?,24-;6-,7+,8-,9+,10-,11-,12+,13+,14+,15-,16+,17+,18+,19+,20+,21+,22+,23?,24-/m100/s1. The van der Waals surface area contributed by atoms with E-state index in [1.54, 1.807) is 13.8 Å². The van der Waals surface area contributed by atoms with Crippen LogP contribution in [0, 0.1) is 0 Å². The highest BCUT2D eigenvalue weighted by molar-refractivity contribution is 5.07. The van der Waals surface area contributed by atoms with Gasteiger partial charge in [-0.1, -0.05) is 0 Å². The van der Waals surface area contributed by atoms with E-state index in [0.717, 1.165) is 0 Å². The molecule has 10 heterocycles. The Kier molecular flexibility index (Phi) is 39.0. The van der Waals surface area contributed by atoms with E-state index in [-0.39, 0.29) is 63.9 Å². The number of rotatable bonds is 27. The topological polar surface area (TPSA) is 974 Å². The number of hydrogen-bond acceptors (Lipinski definition) is 54. The molecule has 13 aliphatic rings. The molecule has 54 heteroatoms. The molecule has 0 aromatic rings. The Balaban J connectivity index is 0.000000186. The first-order valence-corrected chi connectivity index (χ1v) is 43.7. The molecule has 0 aromatic heterocycles. The molecule has 10 saturated heterocycles. The summed E-state index contributed by atoms with van der Waals surface area (Å²) in [7, 11) is 0. The first-order chi connectivity index (χ1) is 60.6. The van der Waals surface area contributed by atoms with Gasteiger partial charge in [-0.05, 0) is 52.4 Å². The van der Waals surface area contributed by atoms with E-state index in [4.69, 9.17) is 187 Å². The summed E-state index contributed by atoms with van der Waals surface area (Å²) in [6, 6.07) is -11.5. The lowest BCUT2D eigenvalue weighted by Crippen LogP contribution is -2.66. The van der Waals surface area contributed by atoms with Crippen molar-refractivity contribution >= 4 is 0 Å². The van der Waals surface area contributed by atoms with Gasteiger partial charge in [0.05, 0.1) is 118 Å². The number of hydrogen-bond donors (Lipinski definition) is 35. The molecule has 0 aromatic carbocycles. The van der Waals surface area contributed by atoms with E-state index < -0.39 is 350 Å². The van der Waals surface area contributed by atoms with Crippen molar-refractivity contribution in [2.24, 2.45) is 97.5 Å². The summed E-state index contributed by atoms with van der Waals surface area (Å²) >= 11 is 0. The molecule has 13 fully saturated rings. The summed E-state index contributed by atoms with van der Waals surface area (Å²) in [6.07, 6.45) is -46.8. The Morgan fingerprint density at radius 2 is 0.641 bits per heavy atom. The number of ether oxygens (including phenoxy) is 19. The first kappa shape index (κ1) is 106. The van der Waals surface area contributed by atoms with Crippen LogP contribution < -0.4 is 103 Å². The highest BCUT2D eigenvalue weighted by atomic mass is 16.8. The van der Waals surface area contributed by atoms with Crippen LogP contribution in [0.4, 0.5) is 0 Å². The fraction of sp³-hybridized carbons (Fsp3) is 1.00. The number of aliphatic hydroxyl groups is 17. The van der Waals surface area contributed by atoms with E-state index in [1.165, 1.54) is 0 Å². The van der Waals surface area contributed by atoms with Crippen molar-refractivity contribution in [3.63, 3.8) is 0 Å². The highest BCUT2D eigenvalue weighted by Gasteiger charge is 2.60. The number of nitrogens with two attached hydrogens (primary N) is 17. The van der Waals surface area contributed by atoms with Crippen LogP contribution in [-0.2, 0) is 90.0 Å². The molecule has 3 aliphatic carbocycles. The zero-order chi connectivity index (χ0) is 93.8. The normalized spacial score (nSPS) is 52.6. The van der Waals surface area contributed by atoms with Crippen molar-refractivity contribution in [2.75, 3.05) is 59.2 Å². The molecule has 0 radical (unpaired) electrons. The van der Waals surface area contributed by atoms with Crippen molar-refractivity contribution < 1.29 is 177 Å². The molecule has 748 valence electrons. The quantitative estimate of drug-likeness (QED) is 0.0363. The van der Waals surface area contributed by atoms with Crippen LogP contribution in [0.15, 0.2) is 0 Å². The number of nitrogens with one attached hydrogen (secondary N) is 1. The fourth-order valence-corrected chi connectivity index (χ4v) is 18.3. The molecular weight excluding hydrogens is 1720 g/mol. The van der Waals surface area contributed by atoms with Crippen molar-refractivity contribution in [1.82, 2.24) is 5.32 Å². The van der Waals surface area contributed by atoms with Crippen LogP contribution in [0.5, 0.6) is 0 Å². The highest BCUT2D eigenvalue weighted by Crippen LogP contribution is 2.41. The van der Waals surface area contributed by atoms with Crippen LogP contribution >= 0.6 is 0 Å². The molecule has 10 aliphatic heterocycles. The monoisotopic (exact) mass is 1860 g/mol. The minimum absolute atomic E-state index is 0.0337. The van der Waals surface area contributed by atoms with E-state index in [0.29, 0.717) is 32.6 Å². The zero-order valence-electron chi connectivity index (χ0n) is 71.3. The molecule has 56 atom stereocenters. The summed E-state index contributed by atoms with van der Waals surface area (Å²) < 4.78 is 112. The molecule has 0 spiro atoms. The van der Waals surface area contributed by atoms with Gasteiger partial charge in [-0.2, -0.15) is 0 Å². The maximum atomic E-state index is 11.2. The second-order valence-corrected chi connectivity index (χ2v) is 35.7. The van der Waals surface area contributed by atoms with Gasteiger partial charge in [0.25, 0.3) is 0 Å². The largest absolute Gasteiger partial charge is 0.394 e. The van der Waals surface area contributed by atoms with Gasteiger partial charge in [0.15, 0.2) is 56.6 Å². The van der Waals surface area contributed by atoms with Gasteiger partial charge in [0.1, 0.15) is 153 Å². The lowest BCUT2D eigenvalue weighted by Gasteiger charge is -2.46. The average molecular weight is 1860 g/mol. The van der Waals surface area contributed by atoms with Crippen LogP contribution in [0.3, 0.4) is 0 Å². The van der Waals surface area contributed by atoms with Crippen LogP contribution in [0.2, 0.25) is 0 Å². The molecule has 0 bridgehead atoms. The smallest absolute Gasteiger partial charge is 0.187 e. The molecular formula is C74H146N18O36. The third-order valence-corrected chi connectivity index (χ3v) is 26.2. The van der Waals surface area contributed by atoms with E-state index >= 15 is 0 Å². The molecule has 3 unspecified atom stereocenters. The summed E-state index contributed by atoms with van der Waals surface area (Å²) in [5, 5.41) is 182. The van der Waals surface area contributed by atoms with Gasteiger partial charge in [0.2, 0.25) is 0 Å². The third-order valence-electron chi connectivity index (χ3n) is 26.2. The van der Waals surface area contributed by atoms with Crippen LogP contribution in [-0.4, -0.2) is 489 Å². The minimum atomic E-state index is -1.57. The predicted molar refractivity (Wildman–Crippen MR) is 432 cm³/mol. The lowest BCUT2D eigenvalue weighted by atomic mass is 9.84. The van der Waals surface area contributed by atoms with Crippen molar-refractivity contribution in [2.45, 2.75) is 401 Å². The average Bonchev–Trinajstić information content (AvgIpc) is 1.56. The zero-order valence-corrected chi connectivity index (χ0v) is 71.3. The Hall–Kier alpha value is -2.16. The van der Waals surface area contributed by atoms with Crippen molar-refractivity contribution in [3.05, 3.63) is 0 Å². The first-order valence-electron chi connectivity index (χ1n) is 43.7. The van der Waals surface area contributed by atoms with Gasteiger partial charge in [-0.15, -0.1) is 0 Å². The molecule has 13 rings (SSSR count). The van der Waals surface area contributed by atoms with Gasteiger partial charge >= 0.3 is 0 Å². The van der Waals surface area contributed by atoms with Crippen LogP contribution in [0.25, 0.3) is 0 Å². The Morgan fingerprint density at radius 1 is 0.305 bits per heavy atom. The number of morpholine rings is 1. The summed E-state index contributed by atoms with van der Waals surface area (Å²) in [5.41, 5.74) is 103. The van der Waals surface area contributed by atoms with E-state index in [2.05, 4.69) is 5.32 Å². The molecule has 54 nitrogen and oxygen atoms in total. The predicted octanol–water partition coefficient (Wildman–Crippen LogP) is -21.8. The van der Waals surface area contributed by atoms with Gasteiger partial charge in [-0.25, -0.2) is 0 Å². The Morgan fingerprint density at radius 3 is 0.977 bits per heavy atom. The van der Waals surface area contributed by atoms with E-state index in [1.807, 2.05) is 0 Å². The van der Waals surface area contributed by atoms with Crippen LogP contribution in [0.1, 0.15) is 58.8 Å². The van der Waals surface area contributed by atoms with Crippen molar-refractivity contribution in [3.8, 4) is 0 Å². The molecule has 3 saturated carbocycles. The molecule has 0 amide bonds. The molecule has 52 N–H and O–H groups in total. The summed E-state index contributed by atoms with van der Waals surface area (Å²) in [4.78, 5) is 0. The Labute approximate surface area is 737 Å². The maximum Gasteiger partial charge on any atom is 0.187 e. The van der Waals surface area contributed by atoms with Gasteiger partial charge in [0, 0.05) is 80.9 Å². The third kappa shape index (κ3) is 24.0. The maximum absolute atomic E-state index is 11.2. The lowest BCUT2D eigenvalue weighted by molar-refractivity contribution is -0.297. The summed E-state index contributed by atoms with van der Waals surface area (Å²) in [6.45, 7) is 2.93.